The standard InChI is InChI=1S/C22H23FN4O2/c1-15(22(28)24-18-9-6-8-17(23)14-18)29-19-10-5-7-16(13-19)21-26-25-20-11-3-2-4-12-27(20)21/h5-10,13-15H,2-4,11-12H2,1H3,(H,24,28)/t15-/m0/s1. The van der Waals surface area contributed by atoms with Crippen molar-refractivity contribution in [3.8, 4) is 17.1 Å². The van der Waals surface area contributed by atoms with Crippen molar-refractivity contribution < 1.29 is 13.9 Å². The molecule has 0 saturated carbocycles. The average molecular weight is 394 g/mol. The van der Waals surface area contributed by atoms with Crippen LogP contribution in [0.15, 0.2) is 48.5 Å². The van der Waals surface area contributed by atoms with Crippen LogP contribution in [-0.2, 0) is 17.8 Å². The fourth-order valence-electron chi connectivity index (χ4n) is 3.47. The minimum Gasteiger partial charge on any atom is -0.481 e. The Labute approximate surface area is 168 Å². The number of ether oxygens (including phenoxy) is 1. The topological polar surface area (TPSA) is 69.0 Å². The number of hydrogen-bond donors (Lipinski definition) is 1. The third-order valence-electron chi connectivity index (χ3n) is 4.98. The summed E-state index contributed by atoms with van der Waals surface area (Å²) in [5, 5.41) is 11.4. The van der Waals surface area contributed by atoms with Gasteiger partial charge in [0.25, 0.3) is 5.91 Å². The molecule has 0 spiro atoms. The van der Waals surface area contributed by atoms with Gasteiger partial charge in [0.15, 0.2) is 11.9 Å². The zero-order valence-electron chi connectivity index (χ0n) is 16.3. The number of aromatic nitrogens is 3. The number of rotatable bonds is 5. The van der Waals surface area contributed by atoms with Crippen molar-refractivity contribution >= 4 is 11.6 Å². The lowest BCUT2D eigenvalue weighted by Gasteiger charge is -2.15. The Morgan fingerprint density at radius 2 is 2.00 bits per heavy atom. The highest BCUT2D eigenvalue weighted by Gasteiger charge is 2.18. The lowest BCUT2D eigenvalue weighted by molar-refractivity contribution is -0.122. The number of nitrogens with zero attached hydrogens (tertiary/aromatic N) is 3. The van der Waals surface area contributed by atoms with Crippen LogP contribution in [0.1, 0.15) is 32.0 Å². The molecule has 6 nitrogen and oxygen atoms in total. The Morgan fingerprint density at radius 3 is 2.86 bits per heavy atom. The molecule has 0 aliphatic carbocycles. The molecule has 1 aromatic heterocycles. The van der Waals surface area contributed by atoms with Gasteiger partial charge in [-0.25, -0.2) is 4.39 Å². The number of amides is 1. The number of aryl methyl sites for hydroxylation is 1. The highest BCUT2D eigenvalue weighted by atomic mass is 19.1. The molecule has 150 valence electrons. The van der Waals surface area contributed by atoms with Crippen molar-refractivity contribution in [2.45, 2.75) is 45.3 Å². The smallest absolute Gasteiger partial charge is 0.265 e. The molecule has 7 heteroatoms. The Hall–Kier alpha value is -3.22. The summed E-state index contributed by atoms with van der Waals surface area (Å²) >= 11 is 0. The molecule has 0 fully saturated rings. The van der Waals surface area contributed by atoms with Crippen LogP contribution in [-0.4, -0.2) is 26.8 Å². The molecule has 2 aromatic carbocycles. The molecule has 0 unspecified atom stereocenters. The molecule has 0 bridgehead atoms. The predicted molar refractivity (Wildman–Crippen MR) is 108 cm³/mol. The first-order chi connectivity index (χ1) is 14.1. The van der Waals surface area contributed by atoms with Crippen molar-refractivity contribution in [3.05, 3.63) is 60.2 Å². The molecule has 0 radical (unpaired) electrons. The van der Waals surface area contributed by atoms with Gasteiger partial charge in [-0.2, -0.15) is 0 Å². The van der Waals surface area contributed by atoms with Gasteiger partial charge in [0.2, 0.25) is 0 Å². The van der Waals surface area contributed by atoms with Crippen LogP contribution < -0.4 is 10.1 Å². The minimum atomic E-state index is -0.746. The van der Waals surface area contributed by atoms with E-state index in [0.29, 0.717) is 11.4 Å². The van der Waals surface area contributed by atoms with Crippen LogP contribution in [0.4, 0.5) is 10.1 Å². The van der Waals surface area contributed by atoms with Gasteiger partial charge in [0.05, 0.1) is 0 Å². The predicted octanol–water partition coefficient (Wildman–Crippen LogP) is 4.22. The van der Waals surface area contributed by atoms with Gasteiger partial charge in [0.1, 0.15) is 17.4 Å². The van der Waals surface area contributed by atoms with Crippen molar-refractivity contribution in [3.63, 3.8) is 0 Å². The minimum absolute atomic E-state index is 0.350. The summed E-state index contributed by atoms with van der Waals surface area (Å²) in [5.74, 6) is 1.65. The normalized spacial score (nSPS) is 14.6. The summed E-state index contributed by atoms with van der Waals surface area (Å²) in [6.45, 7) is 2.57. The quantitative estimate of drug-likeness (QED) is 0.704. The average Bonchev–Trinajstić information content (AvgIpc) is 2.96. The van der Waals surface area contributed by atoms with Crippen LogP contribution in [0.3, 0.4) is 0 Å². The maximum absolute atomic E-state index is 13.3. The second-order valence-corrected chi connectivity index (χ2v) is 7.19. The fourth-order valence-corrected chi connectivity index (χ4v) is 3.47. The van der Waals surface area contributed by atoms with Crippen molar-refractivity contribution in [2.75, 3.05) is 5.32 Å². The Morgan fingerprint density at radius 1 is 1.14 bits per heavy atom. The Bertz CT molecular complexity index is 1020. The lowest BCUT2D eigenvalue weighted by atomic mass is 10.2. The molecule has 2 heterocycles. The lowest BCUT2D eigenvalue weighted by Crippen LogP contribution is -2.30. The first kappa shape index (κ1) is 19.1. The van der Waals surface area contributed by atoms with E-state index in [-0.39, 0.29) is 5.91 Å². The van der Waals surface area contributed by atoms with E-state index in [1.165, 1.54) is 18.6 Å². The molecule has 1 amide bonds. The van der Waals surface area contributed by atoms with Crippen LogP contribution in [0.5, 0.6) is 5.75 Å². The number of halogens is 1. The number of fused-ring (bicyclic) bond motifs is 1. The molecule has 1 aliphatic rings. The molecule has 3 aromatic rings. The summed E-state index contributed by atoms with van der Waals surface area (Å²) in [7, 11) is 0. The molecule has 1 aliphatic heterocycles. The number of carbonyl (C=O) groups is 1. The van der Waals surface area contributed by atoms with Gasteiger partial charge >= 0.3 is 0 Å². The molecule has 0 saturated heterocycles. The summed E-state index contributed by atoms with van der Waals surface area (Å²) in [6, 6.07) is 13.3. The van der Waals surface area contributed by atoms with Crippen LogP contribution in [0, 0.1) is 5.82 Å². The van der Waals surface area contributed by atoms with Gasteiger partial charge < -0.3 is 14.6 Å². The summed E-state index contributed by atoms with van der Waals surface area (Å²) in [5.41, 5.74) is 1.30. The Balaban J connectivity index is 1.48. The van der Waals surface area contributed by atoms with E-state index in [2.05, 4.69) is 20.1 Å². The fraction of sp³-hybridized carbons (Fsp3) is 0.318. The maximum Gasteiger partial charge on any atom is 0.265 e. The van der Waals surface area contributed by atoms with E-state index in [0.717, 1.165) is 43.0 Å². The van der Waals surface area contributed by atoms with Crippen LogP contribution in [0.25, 0.3) is 11.4 Å². The van der Waals surface area contributed by atoms with Gasteiger partial charge in [-0.1, -0.05) is 24.6 Å². The van der Waals surface area contributed by atoms with Crippen molar-refractivity contribution in [2.24, 2.45) is 0 Å². The van der Waals surface area contributed by atoms with Crippen molar-refractivity contribution in [1.29, 1.82) is 0 Å². The first-order valence-corrected chi connectivity index (χ1v) is 9.86. The number of anilines is 1. The van der Waals surface area contributed by atoms with E-state index in [1.807, 2.05) is 18.2 Å². The third-order valence-corrected chi connectivity index (χ3v) is 4.98. The zero-order chi connectivity index (χ0) is 20.2. The van der Waals surface area contributed by atoms with Gasteiger partial charge in [-0.15, -0.1) is 10.2 Å². The third kappa shape index (κ3) is 4.45. The molecular formula is C22H23FN4O2. The molecule has 4 rings (SSSR count). The highest BCUT2D eigenvalue weighted by Crippen LogP contribution is 2.26. The van der Waals surface area contributed by atoms with Crippen LogP contribution in [0.2, 0.25) is 0 Å². The number of nitrogens with one attached hydrogen (secondary N) is 1. The summed E-state index contributed by atoms with van der Waals surface area (Å²) in [4.78, 5) is 12.4. The SMILES string of the molecule is C[C@H](Oc1cccc(-c2nnc3n2CCCCC3)c1)C(=O)Nc1cccc(F)c1. The van der Waals surface area contributed by atoms with E-state index in [1.54, 1.807) is 25.1 Å². The molecule has 1 atom stereocenters. The van der Waals surface area contributed by atoms with Crippen molar-refractivity contribution in [1.82, 2.24) is 14.8 Å². The number of hydrogen-bond acceptors (Lipinski definition) is 4. The van der Waals surface area contributed by atoms with Gasteiger partial charge in [0, 0.05) is 24.2 Å². The molecule has 29 heavy (non-hydrogen) atoms. The van der Waals surface area contributed by atoms with E-state index < -0.39 is 11.9 Å². The monoisotopic (exact) mass is 394 g/mol. The van der Waals surface area contributed by atoms with E-state index in [9.17, 15) is 9.18 Å². The van der Waals surface area contributed by atoms with Gasteiger partial charge in [-0.05, 0) is 50.1 Å². The van der Waals surface area contributed by atoms with E-state index in [4.69, 9.17) is 4.74 Å². The number of carbonyl (C=O) groups excluding carboxylic acids is 1. The second kappa shape index (κ2) is 8.43. The highest BCUT2D eigenvalue weighted by molar-refractivity contribution is 5.94. The summed E-state index contributed by atoms with van der Waals surface area (Å²) in [6.07, 6.45) is 3.65. The van der Waals surface area contributed by atoms with Crippen LogP contribution >= 0.6 is 0 Å². The second-order valence-electron chi connectivity index (χ2n) is 7.19. The number of benzene rings is 2. The summed E-state index contributed by atoms with van der Waals surface area (Å²) < 4.78 is 21.3. The first-order valence-electron chi connectivity index (χ1n) is 9.86. The molecular weight excluding hydrogens is 371 g/mol. The molecule has 1 N–H and O–H groups in total. The zero-order valence-corrected chi connectivity index (χ0v) is 16.3. The Kier molecular flexibility index (Phi) is 5.55. The van der Waals surface area contributed by atoms with E-state index >= 15 is 0 Å². The van der Waals surface area contributed by atoms with Gasteiger partial charge in [-0.3, -0.25) is 4.79 Å². The largest absolute Gasteiger partial charge is 0.481 e. The maximum atomic E-state index is 13.3.